The number of carbonyl (C=O) groups excluding carboxylic acids is 1. The van der Waals surface area contributed by atoms with Crippen molar-refractivity contribution in [1.82, 2.24) is 19.7 Å². The molecule has 8 heteroatoms. The zero-order chi connectivity index (χ0) is 23.8. The van der Waals surface area contributed by atoms with E-state index in [0.717, 1.165) is 16.7 Å². The molecule has 1 unspecified atom stereocenters. The van der Waals surface area contributed by atoms with Crippen LogP contribution in [0.15, 0.2) is 78.3 Å². The van der Waals surface area contributed by atoms with Crippen LogP contribution in [0, 0.1) is 13.8 Å². The lowest BCUT2D eigenvalue weighted by Gasteiger charge is -2.29. The molecule has 1 aliphatic heterocycles. The topological polar surface area (TPSA) is 84.7 Å². The number of amides is 1. The molecule has 0 fully saturated rings. The van der Waals surface area contributed by atoms with Crippen LogP contribution >= 0.6 is 11.6 Å². The van der Waals surface area contributed by atoms with Crippen molar-refractivity contribution in [3.63, 3.8) is 0 Å². The second-order valence-corrected chi connectivity index (χ2v) is 8.69. The maximum absolute atomic E-state index is 13.5. The molecule has 3 heterocycles. The fraction of sp³-hybridized carbons (Fsp3) is 0.154. The molecule has 2 aromatic carbocycles. The van der Waals surface area contributed by atoms with E-state index in [1.807, 2.05) is 37.3 Å². The first-order valence-electron chi connectivity index (χ1n) is 10.9. The highest BCUT2D eigenvalue weighted by Gasteiger charge is 2.35. The Hall–Kier alpha value is -3.97. The third-order valence-electron chi connectivity index (χ3n) is 5.98. The minimum Gasteiger partial charge on any atom is -0.328 e. The first-order valence-corrected chi connectivity index (χ1v) is 11.3. The molecule has 34 heavy (non-hydrogen) atoms. The van der Waals surface area contributed by atoms with Gasteiger partial charge in [-0.15, -0.1) is 5.10 Å². The van der Waals surface area contributed by atoms with Gasteiger partial charge in [0.15, 0.2) is 5.82 Å². The number of halogens is 1. The van der Waals surface area contributed by atoms with Gasteiger partial charge in [-0.1, -0.05) is 41.9 Å². The number of hydrogen-bond donors (Lipinski definition) is 2. The monoisotopic (exact) mass is 470 g/mol. The highest BCUT2D eigenvalue weighted by atomic mass is 35.5. The van der Waals surface area contributed by atoms with E-state index >= 15 is 0 Å². The van der Waals surface area contributed by atoms with Crippen LogP contribution in [0.4, 0.5) is 11.6 Å². The van der Waals surface area contributed by atoms with E-state index in [-0.39, 0.29) is 5.91 Å². The Morgan fingerprint density at radius 1 is 1.06 bits per heavy atom. The van der Waals surface area contributed by atoms with Crippen molar-refractivity contribution in [3.05, 3.63) is 100.0 Å². The molecule has 0 spiro atoms. The molecule has 5 rings (SSSR count). The number of aryl methyl sites for hydroxylation is 2. The zero-order valence-corrected chi connectivity index (χ0v) is 19.8. The summed E-state index contributed by atoms with van der Waals surface area (Å²) in [6, 6.07) is 16.6. The van der Waals surface area contributed by atoms with Gasteiger partial charge in [-0.3, -0.25) is 9.78 Å². The van der Waals surface area contributed by atoms with Crippen molar-refractivity contribution in [2.45, 2.75) is 26.8 Å². The molecule has 2 aromatic heterocycles. The number of carbonyl (C=O) groups is 1. The number of nitrogens with zero attached hydrogens (tertiary/aromatic N) is 4. The molecule has 0 saturated carbocycles. The van der Waals surface area contributed by atoms with Gasteiger partial charge in [0.05, 0.1) is 17.5 Å². The van der Waals surface area contributed by atoms with E-state index in [1.165, 1.54) is 5.56 Å². The molecule has 0 bridgehead atoms. The Morgan fingerprint density at radius 2 is 1.88 bits per heavy atom. The van der Waals surface area contributed by atoms with E-state index < -0.39 is 6.04 Å². The minimum atomic E-state index is -0.561. The number of allylic oxidation sites excluding steroid dienone is 1. The quantitative estimate of drug-likeness (QED) is 0.409. The first kappa shape index (κ1) is 21.9. The number of rotatable bonds is 4. The van der Waals surface area contributed by atoms with Crippen molar-refractivity contribution in [1.29, 1.82) is 0 Å². The van der Waals surface area contributed by atoms with Crippen LogP contribution in [0.1, 0.15) is 29.7 Å². The SMILES string of the molecule is CC1=C(C(=O)Nc2cccnc2)C(c2ccccc2Cl)n2nc(-c3ccc(C)c(C)c3)nc2N1. The molecule has 1 atom stereocenters. The second-order valence-electron chi connectivity index (χ2n) is 8.29. The number of hydrogen-bond acceptors (Lipinski definition) is 5. The maximum Gasteiger partial charge on any atom is 0.255 e. The van der Waals surface area contributed by atoms with Crippen molar-refractivity contribution in [2.24, 2.45) is 0 Å². The molecule has 1 amide bonds. The second kappa shape index (κ2) is 8.76. The Kier molecular flexibility index (Phi) is 5.63. The fourth-order valence-electron chi connectivity index (χ4n) is 4.07. The van der Waals surface area contributed by atoms with Gasteiger partial charge in [0.2, 0.25) is 5.95 Å². The van der Waals surface area contributed by atoms with Gasteiger partial charge in [-0.2, -0.15) is 4.98 Å². The standard InChI is InChI=1S/C26H23ClN6O/c1-15-10-11-18(13-16(15)2)24-31-26-29-17(3)22(25(34)30-19-7-6-12-28-14-19)23(33(26)32-24)20-8-4-5-9-21(20)27/h4-14,23H,1-3H3,(H,30,34)(H,29,31,32). The summed E-state index contributed by atoms with van der Waals surface area (Å²) in [7, 11) is 0. The largest absolute Gasteiger partial charge is 0.328 e. The van der Waals surface area contributed by atoms with E-state index in [1.54, 1.807) is 29.2 Å². The van der Waals surface area contributed by atoms with E-state index in [2.05, 4.69) is 41.6 Å². The summed E-state index contributed by atoms with van der Waals surface area (Å²) in [5.41, 5.74) is 5.81. The van der Waals surface area contributed by atoms with Crippen molar-refractivity contribution >= 4 is 29.1 Å². The van der Waals surface area contributed by atoms with Crippen molar-refractivity contribution in [3.8, 4) is 11.4 Å². The van der Waals surface area contributed by atoms with Crippen molar-refractivity contribution < 1.29 is 4.79 Å². The summed E-state index contributed by atoms with van der Waals surface area (Å²) in [5.74, 6) is 0.856. The zero-order valence-electron chi connectivity index (χ0n) is 19.0. The van der Waals surface area contributed by atoms with E-state index in [0.29, 0.717) is 33.8 Å². The van der Waals surface area contributed by atoms with Crippen LogP contribution in [0.25, 0.3) is 11.4 Å². The summed E-state index contributed by atoms with van der Waals surface area (Å²) in [4.78, 5) is 22.3. The van der Waals surface area contributed by atoms with Gasteiger partial charge in [0, 0.05) is 28.0 Å². The summed E-state index contributed by atoms with van der Waals surface area (Å²) in [5, 5.41) is 11.6. The summed E-state index contributed by atoms with van der Waals surface area (Å²) in [6.07, 6.45) is 3.26. The molecule has 1 aliphatic rings. The minimum absolute atomic E-state index is 0.267. The highest BCUT2D eigenvalue weighted by Crippen LogP contribution is 2.39. The molecular weight excluding hydrogens is 448 g/mol. The number of nitrogens with one attached hydrogen (secondary N) is 2. The average molecular weight is 471 g/mol. The van der Waals surface area contributed by atoms with Crippen LogP contribution in [-0.2, 0) is 4.79 Å². The van der Waals surface area contributed by atoms with Gasteiger partial charge < -0.3 is 10.6 Å². The Morgan fingerprint density at radius 3 is 2.62 bits per heavy atom. The van der Waals surface area contributed by atoms with Gasteiger partial charge in [0.25, 0.3) is 5.91 Å². The van der Waals surface area contributed by atoms with Gasteiger partial charge in [0.1, 0.15) is 6.04 Å². The number of pyridine rings is 1. The van der Waals surface area contributed by atoms with Crippen LogP contribution in [0.3, 0.4) is 0 Å². The number of fused-ring (bicyclic) bond motifs is 1. The maximum atomic E-state index is 13.5. The summed E-state index contributed by atoms with van der Waals surface area (Å²) >= 11 is 6.62. The normalized spacial score (nSPS) is 15.0. The molecule has 0 saturated heterocycles. The van der Waals surface area contributed by atoms with Gasteiger partial charge >= 0.3 is 0 Å². The lowest BCUT2D eigenvalue weighted by molar-refractivity contribution is -0.113. The number of aromatic nitrogens is 4. The average Bonchev–Trinajstić information content (AvgIpc) is 3.24. The predicted octanol–water partition coefficient (Wildman–Crippen LogP) is 5.54. The Bertz CT molecular complexity index is 1430. The number of benzene rings is 2. The van der Waals surface area contributed by atoms with Crippen molar-refractivity contribution in [2.75, 3.05) is 10.6 Å². The lowest BCUT2D eigenvalue weighted by atomic mass is 9.95. The summed E-state index contributed by atoms with van der Waals surface area (Å²) < 4.78 is 1.73. The fourth-order valence-corrected chi connectivity index (χ4v) is 4.31. The molecule has 2 N–H and O–H groups in total. The predicted molar refractivity (Wildman–Crippen MR) is 134 cm³/mol. The smallest absolute Gasteiger partial charge is 0.255 e. The Balaban J connectivity index is 1.62. The van der Waals surface area contributed by atoms with Crippen LogP contribution in [0.5, 0.6) is 0 Å². The number of anilines is 2. The molecule has 7 nitrogen and oxygen atoms in total. The molecule has 4 aromatic rings. The van der Waals surface area contributed by atoms with Crippen LogP contribution < -0.4 is 10.6 Å². The summed E-state index contributed by atoms with van der Waals surface area (Å²) in [6.45, 7) is 5.99. The van der Waals surface area contributed by atoms with Crippen LogP contribution in [0.2, 0.25) is 5.02 Å². The molecule has 0 radical (unpaired) electrons. The third kappa shape index (κ3) is 3.95. The first-order chi connectivity index (χ1) is 16.4. The van der Waals surface area contributed by atoms with E-state index in [9.17, 15) is 4.79 Å². The third-order valence-corrected chi connectivity index (χ3v) is 6.33. The lowest BCUT2D eigenvalue weighted by Crippen LogP contribution is -2.31. The van der Waals surface area contributed by atoms with Gasteiger partial charge in [-0.25, -0.2) is 4.68 Å². The van der Waals surface area contributed by atoms with Gasteiger partial charge in [-0.05, 0) is 56.2 Å². The highest BCUT2D eigenvalue weighted by molar-refractivity contribution is 6.31. The van der Waals surface area contributed by atoms with E-state index in [4.69, 9.17) is 21.7 Å². The molecule has 170 valence electrons. The molecule has 0 aliphatic carbocycles. The van der Waals surface area contributed by atoms with Crippen LogP contribution in [-0.4, -0.2) is 25.7 Å². The Labute approximate surface area is 202 Å². The molecular formula is C26H23ClN6O.